The molecule has 2 aromatic carbocycles. The Bertz CT molecular complexity index is 844. The fraction of sp³-hybridized carbons (Fsp3) is 0.333. The van der Waals surface area contributed by atoms with Gasteiger partial charge in [0, 0.05) is 11.3 Å². The third kappa shape index (κ3) is 3.87. The van der Waals surface area contributed by atoms with Gasteiger partial charge in [-0.2, -0.15) is 0 Å². The lowest BCUT2D eigenvalue weighted by Crippen LogP contribution is -2.30. The van der Waals surface area contributed by atoms with E-state index in [9.17, 15) is 9.59 Å². The summed E-state index contributed by atoms with van der Waals surface area (Å²) in [7, 11) is 1.50. The molecule has 5 heteroatoms. The maximum Gasteiger partial charge on any atom is 0.265 e. The third-order valence-corrected chi connectivity index (χ3v) is 4.61. The average molecular weight is 353 g/mol. The zero-order valence-electron chi connectivity index (χ0n) is 15.3. The van der Waals surface area contributed by atoms with E-state index in [-0.39, 0.29) is 11.7 Å². The SMILES string of the molecule is COc1cc(C(C)=O)ccc1O[C@H](C)C(=O)Nc1ccc2c(c1)CCC2. The molecule has 1 amide bonds. The quantitative estimate of drug-likeness (QED) is 0.803. The standard InChI is InChI=1S/C21H23NO4/c1-13(23)16-8-10-19(20(12-16)25-3)26-14(2)21(24)22-18-9-7-15-5-4-6-17(15)11-18/h7-12,14H,4-6H2,1-3H3,(H,22,24)/t14-/m1/s1. The van der Waals surface area contributed by atoms with Gasteiger partial charge in [-0.3, -0.25) is 9.59 Å². The van der Waals surface area contributed by atoms with Crippen molar-refractivity contribution < 1.29 is 19.1 Å². The number of nitrogens with one attached hydrogen (secondary N) is 1. The van der Waals surface area contributed by atoms with Crippen LogP contribution in [0, 0.1) is 0 Å². The third-order valence-electron chi connectivity index (χ3n) is 4.61. The summed E-state index contributed by atoms with van der Waals surface area (Å²) in [4.78, 5) is 23.9. The molecule has 1 aliphatic rings. The highest BCUT2D eigenvalue weighted by molar-refractivity contribution is 5.95. The Labute approximate surface area is 153 Å². The zero-order chi connectivity index (χ0) is 18.7. The van der Waals surface area contributed by atoms with Gasteiger partial charge in [0.05, 0.1) is 7.11 Å². The Morgan fingerprint density at radius 3 is 2.54 bits per heavy atom. The number of benzene rings is 2. The number of Topliss-reactive ketones (excluding diaryl/α,β-unsaturated/α-hetero) is 1. The Balaban J connectivity index is 1.68. The van der Waals surface area contributed by atoms with Gasteiger partial charge in [-0.15, -0.1) is 0 Å². The van der Waals surface area contributed by atoms with E-state index < -0.39 is 6.10 Å². The summed E-state index contributed by atoms with van der Waals surface area (Å²) in [5, 5.41) is 2.90. The minimum Gasteiger partial charge on any atom is -0.493 e. The molecule has 0 bridgehead atoms. The first-order chi connectivity index (χ1) is 12.5. The summed E-state index contributed by atoms with van der Waals surface area (Å²) in [6.07, 6.45) is 2.63. The number of carbonyl (C=O) groups excluding carboxylic acids is 2. The molecule has 0 saturated carbocycles. The van der Waals surface area contributed by atoms with E-state index in [1.807, 2.05) is 12.1 Å². The van der Waals surface area contributed by atoms with Crippen LogP contribution in [0.2, 0.25) is 0 Å². The predicted molar refractivity (Wildman–Crippen MR) is 100 cm³/mol. The van der Waals surface area contributed by atoms with Crippen LogP contribution in [-0.2, 0) is 17.6 Å². The van der Waals surface area contributed by atoms with Gasteiger partial charge in [0.1, 0.15) is 0 Å². The van der Waals surface area contributed by atoms with Crippen molar-refractivity contribution in [1.29, 1.82) is 0 Å². The molecule has 0 heterocycles. The molecule has 0 aliphatic heterocycles. The van der Waals surface area contributed by atoms with Crippen molar-refractivity contribution in [1.82, 2.24) is 0 Å². The summed E-state index contributed by atoms with van der Waals surface area (Å²) < 4.78 is 11.0. The van der Waals surface area contributed by atoms with Crippen molar-refractivity contribution in [3.05, 3.63) is 53.1 Å². The van der Waals surface area contributed by atoms with Crippen molar-refractivity contribution in [3.63, 3.8) is 0 Å². The van der Waals surface area contributed by atoms with E-state index in [0.717, 1.165) is 18.5 Å². The van der Waals surface area contributed by atoms with E-state index in [4.69, 9.17) is 9.47 Å². The van der Waals surface area contributed by atoms with Gasteiger partial charge >= 0.3 is 0 Å². The fourth-order valence-electron chi connectivity index (χ4n) is 3.12. The molecule has 0 unspecified atom stereocenters. The molecule has 136 valence electrons. The molecule has 0 saturated heterocycles. The molecule has 0 fully saturated rings. The van der Waals surface area contributed by atoms with Crippen molar-refractivity contribution in [2.45, 2.75) is 39.2 Å². The number of ether oxygens (including phenoxy) is 2. The second-order valence-corrected chi connectivity index (χ2v) is 6.51. The molecule has 0 aromatic heterocycles. The number of fused-ring (bicyclic) bond motifs is 1. The zero-order valence-corrected chi connectivity index (χ0v) is 15.3. The van der Waals surface area contributed by atoms with Crippen LogP contribution in [-0.4, -0.2) is 24.9 Å². The smallest absolute Gasteiger partial charge is 0.265 e. The lowest BCUT2D eigenvalue weighted by molar-refractivity contribution is -0.122. The lowest BCUT2D eigenvalue weighted by atomic mass is 10.1. The summed E-state index contributed by atoms with van der Waals surface area (Å²) in [5.74, 6) is 0.557. The van der Waals surface area contributed by atoms with E-state index in [0.29, 0.717) is 17.1 Å². The number of ketones is 1. The van der Waals surface area contributed by atoms with Gasteiger partial charge < -0.3 is 14.8 Å². The minimum atomic E-state index is -0.708. The number of hydrogen-bond donors (Lipinski definition) is 1. The van der Waals surface area contributed by atoms with Crippen molar-refractivity contribution in [2.24, 2.45) is 0 Å². The van der Waals surface area contributed by atoms with Crippen LogP contribution in [0.4, 0.5) is 5.69 Å². The monoisotopic (exact) mass is 353 g/mol. The lowest BCUT2D eigenvalue weighted by Gasteiger charge is -2.17. The van der Waals surface area contributed by atoms with Crippen LogP contribution < -0.4 is 14.8 Å². The van der Waals surface area contributed by atoms with Gasteiger partial charge in [-0.1, -0.05) is 6.07 Å². The van der Waals surface area contributed by atoms with Gasteiger partial charge in [0.2, 0.25) is 0 Å². The number of carbonyl (C=O) groups is 2. The molecule has 2 aromatic rings. The first kappa shape index (κ1) is 18.0. The summed E-state index contributed by atoms with van der Waals surface area (Å²) in [6, 6.07) is 11.0. The van der Waals surface area contributed by atoms with Gasteiger partial charge in [0.25, 0.3) is 5.91 Å². The average Bonchev–Trinajstić information content (AvgIpc) is 3.09. The van der Waals surface area contributed by atoms with Crippen molar-refractivity contribution >= 4 is 17.4 Å². The largest absolute Gasteiger partial charge is 0.493 e. The molecule has 0 radical (unpaired) electrons. The predicted octanol–water partition coefficient (Wildman–Crippen LogP) is 3.79. The number of aryl methyl sites for hydroxylation is 2. The number of anilines is 1. The van der Waals surface area contributed by atoms with Gasteiger partial charge in [-0.25, -0.2) is 0 Å². The fourth-order valence-corrected chi connectivity index (χ4v) is 3.12. The van der Waals surface area contributed by atoms with Crippen LogP contribution in [0.25, 0.3) is 0 Å². The Kier molecular flexibility index (Phi) is 5.26. The number of rotatable bonds is 6. The van der Waals surface area contributed by atoms with Crippen LogP contribution in [0.5, 0.6) is 11.5 Å². The normalized spacial score (nSPS) is 13.7. The maximum atomic E-state index is 12.5. The molecule has 1 aliphatic carbocycles. The van der Waals surface area contributed by atoms with Crippen LogP contribution >= 0.6 is 0 Å². The van der Waals surface area contributed by atoms with E-state index in [1.54, 1.807) is 25.1 Å². The summed E-state index contributed by atoms with van der Waals surface area (Å²) >= 11 is 0. The second-order valence-electron chi connectivity index (χ2n) is 6.51. The van der Waals surface area contributed by atoms with Crippen LogP contribution in [0.3, 0.4) is 0 Å². The molecular formula is C21H23NO4. The highest BCUT2D eigenvalue weighted by Crippen LogP contribution is 2.29. The van der Waals surface area contributed by atoms with Gasteiger partial charge in [0.15, 0.2) is 23.4 Å². The summed E-state index contributed by atoms with van der Waals surface area (Å²) in [6.45, 7) is 3.17. The van der Waals surface area contributed by atoms with Crippen LogP contribution in [0.1, 0.15) is 41.8 Å². The molecule has 0 spiro atoms. The molecule has 1 N–H and O–H groups in total. The van der Waals surface area contributed by atoms with E-state index in [2.05, 4.69) is 11.4 Å². The molecule has 3 rings (SSSR count). The first-order valence-corrected chi connectivity index (χ1v) is 8.76. The van der Waals surface area contributed by atoms with Crippen LogP contribution in [0.15, 0.2) is 36.4 Å². The highest BCUT2D eigenvalue weighted by Gasteiger charge is 2.19. The van der Waals surface area contributed by atoms with E-state index in [1.165, 1.54) is 31.6 Å². The molecular weight excluding hydrogens is 330 g/mol. The van der Waals surface area contributed by atoms with Gasteiger partial charge in [-0.05, 0) is 74.6 Å². The van der Waals surface area contributed by atoms with Crippen molar-refractivity contribution in [3.8, 4) is 11.5 Å². The number of hydrogen-bond acceptors (Lipinski definition) is 4. The second kappa shape index (κ2) is 7.60. The molecule has 5 nitrogen and oxygen atoms in total. The molecule has 26 heavy (non-hydrogen) atoms. The number of methoxy groups -OCH3 is 1. The molecule has 1 atom stereocenters. The summed E-state index contributed by atoms with van der Waals surface area (Å²) in [5.41, 5.74) is 3.98. The topological polar surface area (TPSA) is 64.6 Å². The highest BCUT2D eigenvalue weighted by atomic mass is 16.5. The maximum absolute atomic E-state index is 12.5. The van der Waals surface area contributed by atoms with Crippen molar-refractivity contribution in [2.75, 3.05) is 12.4 Å². The Morgan fingerprint density at radius 2 is 1.81 bits per heavy atom. The minimum absolute atomic E-state index is 0.0581. The van der Waals surface area contributed by atoms with E-state index >= 15 is 0 Å². The Morgan fingerprint density at radius 1 is 1.04 bits per heavy atom. The Hall–Kier alpha value is -2.82. The first-order valence-electron chi connectivity index (χ1n) is 8.76. The number of amides is 1.